The molecular formula is C77H145NO18. The van der Waals surface area contributed by atoms with E-state index in [1.54, 1.807) is 6.08 Å². The van der Waals surface area contributed by atoms with Crippen molar-refractivity contribution in [1.29, 1.82) is 0 Å². The number of allylic oxidation sites excluding steroid dienone is 3. The van der Waals surface area contributed by atoms with E-state index in [2.05, 4.69) is 31.3 Å². The van der Waals surface area contributed by atoms with Gasteiger partial charge in [0.25, 0.3) is 0 Å². The smallest absolute Gasteiger partial charge is 0.220 e. The molecule has 3 fully saturated rings. The number of hydrogen-bond donors (Lipinski definition) is 12. The summed E-state index contributed by atoms with van der Waals surface area (Å²) in [6, 6.07) is -0.970. The molecule has 3 saturated heterocycles. The Morgan fingerprint density at radius 2 is 0.656 bits per heavy atom. The highest BCUT2D eigenvalue weighted by Crippen LogP contribution is 2.33. The molecule has 0 bridgehead atoms. The van der Waals surface area contributed by atoms with Gasteiger partial charge < -0.3 is 89.9 Å². The van der Waals surface area contributed by atoms with Crippen LogP contribution in [0, 0.1) is 0 Å². The number of amides is 1. The van der Waals surface area contributed by atoms with Crippen molar-refractivity contribution in [2.75, 3.05) is 26.4 Å². The highest BCUT2D eigenvalue weighted by Gasteiger charge is 2.53. The molecule has 19 heteroatoms. The lowest BCUT2D eigenvalue weighted by atomic mass is 9.96. The third-order valence-corrected chi connectivity index (χ3v) is 20.0. The van der Waals surface area contributed by atoms with Crippen molar-refractivity contribution in [1.82, 2.24) is 5.32 Å². The fourth-order valence-corrected chi connectivity index (χ4v) is 13.6. The molecule has 0 aliphatic carbocycles. The van der Waals surface area contributed by atoms with Gasteiger partial charge in [-0.05, 0) is 44.9 Å². The molecule has 0 saturated carbocycles. The van der Waals surface area contributed by atoms with Crippen LogP contribution in [0.4, 0.5) is 0 Å². The Balaban J connectivity index is 1.32. The summed E-state index contributed by atoms with van der Waals surface area (Å²) in [7, 11) is 0. The van der Waals surface area contributed by atoms with E-state index in [9.17, 15) is 61.0 Å². The van der Waals surface area contributed by atoms with Gasteiger partial charge in [0.2, 0.25) is 5.91 Å². The average molecular weight is 1370 g/mol. The van der Waals surface area contributed by atoms with Gasteiger partial charge in [0.05, 0.1) is 38.6 Å². The van der Waals surface area contributed by atoms with Crippen LogP contribution in [0.5, 0.6) is 0 Å². The third kappa shape index (κ3) is 39.1. The summed E-state index contributed by atoms with van der Waals surface area (Å²) in [5.41, 5.74) is 0. The SMILES string of the molecule is CCCCCCCCCC/C=C\CCCCCCCCCCCCCCCCCCCCCCCCCC(=O)NC(COC1OC(CO)C(OC2OC(CO)C(OC3OC(CO)C(O)C(O)C3O)C(O)C2O)C(O)C1O)C(O)/C=C/CCCCCCCCCCCCCCCC. The molecular weight excluding hydrogens is 1230 g/mol. The molecule has 0 aromatic heterocycles. The Hall–Kier alpha value is -1.73. The average Bonchev–Trinajstić information content (AvgIpc) is 0.798. The number of rotatable bonds is 63. The van der Waals surface area contributed by atoms with E-state index >= 15 is 0 Å². The van der Waals surface area contributed by atoms with Crippen LogP contribution in [0.1, 0.15) is 328 Å². The fourth-order valence-electron chi connectivity index (χ4n) is 13.6. The molecule has 17 atom stereocenters. The summed E-state index contributed by atoms with van der Waals surface area (Å²) in [6.45, 7) is 1.77. The summed E-state index contributed by atoms with van der Waals surface area (Å²) in [4.78, 5) is 13.4. The molecule has 19 nitrogen and oxygen atoms in total. The van der Waals surface area contributed by atoms with Crippen LogP contribution in [-0.4, -0.2) is 193 Å². The molecule has 1 amide bonds. The van der Waals surface area contributed by atoms with Crippen LogP contribution in [0.15, 0.2) is 24.3 Å². The van der Waals surface area contributed by atoms with Gasteiger partial charge in [-0.1, -0.05) is 301 Å². The van der Waals surface area contributed by atoms with Gasteiger partial charge in [0, 0.05) is 6.42 Å². The zero-order chi connectivity index (χ0) is 69.6. The number of carbonyl (C=O) groups is 1. The lowest BCUT2D eigenvalue weighted by Gasteiger charge is -2.48. The normalized spacial score (nSPS) is 27.1. The minimum absolute atomic E-state index is 0.249. The molecule has 12 N–H and O–H groups in total. The first-order valence-electron chi connectivity index (χ1n) is 39.6. The highest BCUT2D eigenvalue weighted by atomic mass is 16.8. The molecule has 3 aliphatic heterocycles. The van der Waals surface area contributed by atoms with Crippen LogP contribution in [0.25, 0.3) is 0 Å². The number of aliphatic hydroxyl groups excluding tert-OH is 11. The monoisotopic (exact) mass is 1370 g/mol. The Morgan fingerprint density at radius 3 is 1.01 bits per heavy atom. The Labute approximate surface area is 581 Å². The van der Waals surface area contributed by atoms with Crippen molar-refractivity contribution in [3.05, 3.63) is 24.3 Å². The van der Waals surface area contributed by atoms with Gasteiger partial charge in [-0.2, -0.15) is 0 Å². The molecule has 3 heterocycles. The Bertz CT molecular complexity index is 1830. The second kappa shape index (κ2) is 58.7. The predicted octanol–water partition coefficient (Wildman–Crippen LogP) is 12.6. The van der Waals surface area contributed by atoms with Gasteiger partial charge in [0.15, 0.2) is 18.9 Å². The molecule has 17 unspecified atom stereocenters. The maximum Gasteiger partial charge on any atom is 0.220 e. The van der Waals surface area contributed by atoms with E-state index in [0.29, 0.717) is 6.42 Å². The number of ether oxygens (including phenoxy) is 6. The van der Waals surface area contributed by atoms with E-state index < -0.39 is 124 Å². The van der Waals surface area contributed by atoms with Gasteiger partial charge in [0.1, 0.15) is 73.2 Å². The number of hydrogen-bond acceptors (Lipinski definition) is 18. The molecule has 0 radical (unpaired) electrons. The van der Waals surface area contributed by atoms with Crippen LogP contribution >= 0.6 is 0 Å². The van der Waals surface area contributed by atoms with Crippen LogP contribution in [-0.2, 0) is 33.2 Å². The summed E-state index contributed by atoms with van der Waals surface area (Å²) >= 11 is 0. The lowest BCUT2D eigenvalue weighted by Crippen LogP contribution is -2.66. The van der Waals surface area contributed by atoms with Crippen molar-refractivity contribution < 1.29 is 89.4 Å². The first kappa shape index (κ1) is 88.5. The molecule has 0 spiro atoms. The van der Waals surface area contributed by atoms with Crippen molar-refractivity contribution in [2.24, 2.45) is 0 Å². The molecule has 0 aromatic carbocycles. The summed E-state index contributed by atoms with van der Waals surface area (Å²) in [5.74, 6) is -0.269. The van der Waals surface area contributed by atoms with Gasteiger partial charge in [-0.25, -0.2) is 0 Å². The van der Waals surface area contributed by atoms with E-state index in [4.69, 9.17) is 28.4 Å². The van der Waals surface area contributed by atoms with Gasteiger partial charge in [-0.15, -0.1) is 0 Å². The largest absolute Gasteiger partial charge is 0.394 e. The lowest BCUT2D eigenvalue weighted by molar-refractivity contribution is -0.379. The second-order valence-corrected chi connectivity index (χ2v) is 28.5. The molecule has 3 aliphatic rings. The number of carbonyl (C=O) groups excluding carboxylic acids is 1. The third-order valence-electron chi connectivity index (χ3n) is 20.0. The van der Waals surface area contributed by atoms with Crippen molar-refractivity contribution in [2.45, 2.75) is 433 Å². The topological polar surface area (TPSA) is 307 Å². The molecule has 0 aromatic rings. The standard InChI is InChI=1S/C77H145NO18/c1-3-5-7-9-11-13-15-17-19-21-22-23-24-25-26-27-28-29-30-31-32-33-34-35-36-37-38-39-41-43-45-47-49-51-53-55-65(83)78-60(61(82)54-52-50-48-46-44-42-40-20-18-16-14-12-10-8-6-4-2)59-91-75-71(89)68(86)73(63(57-80)93-75)96-77-72(90)69(87)74(64(58-81)94-77)95-76-70(88)67(85)66(84)62(56-79)92-76/h21-22,52,54,60-64,66-77,79-82,84-90H,3-20,23-51,53,55-59H2,1-2H3,(H,78,83)/b22-21-,54-52+. The van der Waals surface area contributed by atoms with E-state index in [0.717, 1.165) is 44.9 Å². The molecule has 566 valence electrons. The zero-order valence-electron chi connectivity index (χ0n) is 60.4. The first-order chi connectivity index (χ1) is 46.8. The zero-order valence-corrected chi connectivity index (χ0v) is 60.4. The van der Waals surface area contributed by atoms with Gasteiger partial charge in [-0.3, -0.25) is 4.79 Å². The van der Waals surface area contributed by atoms with Crippen molar-refractivity contribution >= 4 is 5.91 Å². The molecule has 96 heavy (non-hydrogen) atoms. The minimum atomic E-state index is -1.98. The highest BCUT2D eigenvalue weighted by molar-refractivity contribution is 5.76. The van der Waals surface area contributed by atoms with E-state index in [1.807, 2.05) is 6.08 Å². The minimum Gasteiger partial charge on any atom is -0.394 e. The van der Waals surface area contributed by atoms with Gasteiger partial charge >= 0.3 is 0 Å². The maximum atomic E-state index is 13.4. The number of unbranched alkanes of at least 4 members (excludes halogenated alkanes) is 45. The Morgan fingerprint density at radius 1 is 0.365 bits per heavy atom. The number of nitrogens with one attached hydrogen (secondary N) is 1. The summed E-state index contributed by atoms with van der Waals surface area (Å²) in [6.07, 6.45) is 43.3. The van der Waals surface area contributed by atoms with Crippen LogP contribution in [0.2, 0.25) is 0 Å². The summed E-state index contributed by atoms with van der Waals surface area (Å²) in [5, 5.41) is 121. The van der Waals surface area contributed by atoms with Crippen molar-refractivity contribution in [3.63, 3.8) is 0 Å². The second-order valence-electron chi connectivity index (χ2n) is 28.5. The molecule has 3 rings (SSSR count). The van der Waals surface area contributed by atoms with E-state index in [1.165, 1.54) is 257 Å². The maximum absolute atomic E-state index is 13.4. The summed E-state index contributed by atoms with van der Waals surface area (Å²) < 4.78 is 34.4. The quantitative estimate of drug-likeness (QED) is 0.0199. The number of aliphatic hydroxyl groups is 11. The fraction of sp³-hybridized carbons (Fsp3) is 0.935. The van der Waals surface area contributed by atoms with Crippen LogP contribution < -0.4 is 5.32 Å². The first-order valence-corrected chi connectivity index (χ1v) is 39.6. The van der Waals surface area contributed by atoms with Crippen molar-refractivity contribution in [3.8, 4) is 0 Å². The Kier molecular flexibility index (Phi) is 54.1. The van der Waals surface area contributed by atoms with Crippen LogP contribution in [0.3, 0.4) is 0 Å². The predicted molar refractivity (Wildman–Crippen MR) is 379 cm³/mol. The van der Waals surface area contributed by atoms with E-state index in [-0.39, 0.29) is 18.9 Å².